The molecule has 3 aromatic carbocycles. The fourth-order valence-corrected chi connectivity index (χ4v) is 3.36. The lowest BCUT2D eigenvalue weighted by Crippen LogP contribution is -1.84. The van der Waals surface area contributed by atoms with Gasteiger partial charge >= 0.3 is 0 Å². The predicted octanol–water partition coefficient (Wildman–Crippen LogP) is 6.95. The molecule has 4 nitrogen and oxygen atoms in total. The molecule has 0 saturated heterocycles. The largest absolute Gasteiger partial charge is 0.436 e. The third kappa shape index (κ3) is 3.44. The maximum Gasteiger partial charge on any atom is 0.227 e. The van der Waals surface area contributed by atoms with Crippen molar-refractivity contribution in [1.82, 2.24) is 9.97 Å². The number of rotatable bonds is 4. The van der Waals surface area contributed by atoms with Crippen molar-refractivity contribution in [3.8, 4) is 45.6 Å². The Morgan fingerprint density at radius 3 is 1.33 bits per heavy atom. The van der Waals surface area contributed by atoms with E-state index in [9.17, 15) is 0 Å². The Labute approximate surface area is 174 Å². The van der Waals surface area contributed by atoms with E-state index in [-0.39, 0.29) is 0 Å². The van der Waals surface area contributed by atoms with Crippen LogP contribution >= 0.6 is 0 Å². The maximum atomic E-state index is 6.08. The van der Waals surface area contributed by atoms with Crippen molar-refractivity contribution in [2.75, 3.05) is 0 Å². The number of hydrogen-bond donors (Lipinski definition) is 0. The summed E-state index contributed by atoms with van der Waals surface area (Å²) in [5.74, 6) is 2.53. The van der Waals surface area contributed by atoms with Gasteiger partial charge in [-0.2, -0.15) is 0 Å². The molecule has 0 radical (unpaired) electrons. The average Bonchev–Trinajstić information content (AvgIpc) is 3.45. The fourth-order valence-electron chi connectivity index (χ4n) is 3.36. The van der Waals surface area contributed by atoms with Crippen molar-refractivity contribution in [2.45, 2.75) is 13.8 Å². The van der Waals surface area contributed by atoms with Gasteiger partial charge in [0.1, 0.15) is 0 Å². The molecule has 5 aromatic rings. The van der Waals surface area contributed by atoms with Crippen LogP contribution in [0.4, 0.5) is 0 Å². The van der Waals surface area contributed by atoms with E-state index >= 15 is 0 Å². The first kappa shape index (κ1) is 18.1. The van der Waals surface area contributed by atoms with E-state index in [0.717, 1.165) is 33.8 Å². The van der Waals surface area contributed by atoms with Crippen molar-refractivity contribution < 1.29 is 8.83 Å². The van der Waals surface area contributed by atoms with Crippen molar-refractivity contribution in [3.05, 3.63) is 96.3 Å². The number of nitrogens with zero attached hydrogens (tertiary/aromatic N) is 2. The van der Waals surface area contributed by atoms with E-state index in [1.807, 2.05) is 48.5 Å². The summed E-state index contributed by atoms with van der Waals surface area (Å²) in [6.07, 6.45) is 3.51. The second-order valence-corrected chi connectivity index (χ2v) is 7.34. The molecule has 0 spiro atoms. The Hall–Kier alpha value is -3.92. The van der Waals surface area contributed by atoms with Gasteiger partial charge in [-0.05, 0) is 26.0 Å². The first-order chi connectivity index (χ1) is 14.7. The van der Waals surface area contributed by atoms with E-state index in [1.165, 1.54) is 11.1 Å². The monoisotopic (exact) mass is 392 g/mol. The van der Waals surface area contributed by atoms with E-state index in [1.54, 1.807) is 12.4 Å². The van der Waals surface area contributed by atoms with Crippen molar-refractivity contribution >= 4 is 0 Å². The molecule has 30 heavy (non-hydrogen) atoms. The highest BCUT2D eigenvalue weighted by Gasteiger charge is 2.17. The van der Waals surface area contributed by atoms with Crippen LogP contribution in [0, 0.1) is 13.8 Å². The van der Waals surface area contributed by atoms with E-state index in [0.29, 0.717) is 11.8 Å². The van der Waals surface area contributed by atoms with Crippen LogP contribution < -0.4 is 0 Å². The fraction of sp³-hybridized carbons (Fsp3) is 0.0769. The van der Waals surface area contributed by atoms with E-state index in [4.69, 9.17) is 8.83 Å². The first-order valence-corrected chi connectivity index (χ1v) is 9.83. The standard InChI is InChI=1S/C26H20N2O2/c1-17-7-11-19(12-8-17)23-15-27-25(29-23)21-5-3-4-6-22(21)26-28-16-24(30-26)20-13-9-18(2)10-14-20/h3-16H,1-2H3. The van der Waals surface area contributed by atoms with Crippen LogP contribution in [0.2, 0.25) is 0 Å². The first-order valence-electron chi connectivity index (χ1n) is 9.83. The summed E-state index contributed by atoms with van der Waals surface area (Å²) in [5, 5.41) is 0. The number of oxazole rings is 2. The lowest BCUT2D eigenvalue weighted by molar-refractivity contribution is 0.581. The molecule has 0 unspecified atom stereocenters. The Kier molecular flexibility index (Phi) is 4.52. The molecule has 0 fully saturated rings. The van der Waals surface area contributed by atoms with Crippen LogP contribution in [0.3, 0.4) is 0 Å². The molecule has 0 aliphatic carbocycles. The topological polar surface area (TPSA) is 52.1 Å². The maximum absolute atomic E-state index is 6.08. The molecular weight excluding hydrogens is 372 g/mol. The summed E-state index contributed by atoms with van der Waals surface area (Å²) in [6, 6.07) is 24.2. The van der Waals surface area contributed by atoms with Crippen LogP contribution in [-0.2, 0) is 0 Å². The lowest BCUT2D eigenvalue weighted by Gasteiger charge is -2.03. The molecule has 0 aliphatic heterocycles. The second kappa shape index (κ2) is 7.48. The van der Waals surface area contributed by atoms with Gasteiger partial charge in [-0.25, -0.2) is 9.97 Å². The SMILES string of the molecule is Cc1ccc(-c2cnc(-c3ccccc3-c3ncc(-c4ccc(C)cc4)o3)o2)cc1. The van der Waals surface area contributed by atoms with Crippen LogP contribution in [-0.4, -0.2) is 9.97 Å². The van der Waals surface area contributed by atoms with Crippen molar-refractivity contribution in [1.29, 1.82) is 0 Å². The van der Waals surface area contributed by atoms with Gasteiger partial charge in [0, 0.05) is 22.3 Å². The summed E-state index contributed by atoms with van der Waals surface area (Å²) in [7, 11) is 0. The van der Waals surface area contributed by atoms with Crippen molar-refractivity contribution in [2.24, 2.45) is 0 Å². The van der Waals surface area contributed by atoms with Crippen LogP contribution in [0.5, 0.6) is 0 Å². The van der Waals surface area contributed by atoms with Gasteiger partial charge in [0.15, 0.2) is 11.5 Å². The van der Waals surface area contributed by atoms with Gasteiger partial charge in [0.2, 0.25) is 11.8 Å². The van der Waals surface area contributed by atoms with E-state index < -0.39 is 0 Å². The molecule has 2 aromatic heterocycles. The third-order valence-corrected chi connectivity index (χ3v) is 5.07. The van der Waals surface area contributed by atoms with Gasteiger partial charge in [0.25, 0.3) is 0 Å². The zero-order valence-electron chi connectivity index (χ0n) is 16.8. The Morgan fingerprint density at radius 1 is 0.533 bits per heavy atom. The highest BCUT2D eigenvalue weighted by molar-refractivity contribution is 5.77. The summed E-state index contributed by atoms with van der Waals surface area (Å²) in [6.45, 7) is 4.13. The van der Waals surface area contributed by atoms with Crippen molar-refractivity contribution in [3.63, 3.8) is 0 Å². The van der Waals surface area contributed by atoms with Crippen LogP contribution in [0.15, 0.2) is 94.0 Å². The molecular formula is C26H20N2O2. The smallest absolute Gasteiger partial charge is 0.227 e. The third-order valence-electron chi connectivity index (χ3n) is 5.07. The van der Waals surface area contributed by atoms with E-state index in [2.05, 4.69) is 48.1 Å². The molecule has 0 atom stereocenters. The molecule has 4 heteroatoms. The highest BCUT2D eigenvalue weighted by Crippen LogP contribution is 2.35. The molecule has 2 heterocycles. The molecule has 5 rings (SSSR count). The van der Waals surface area contributed by atoms with Gasteiger partial charge in [-0.3, -0.25) is 0 Å². The number of hydrogen-bond acceptors (Lipinski definition) is 4. The van der Waals surface area contributed by atoms with Gasteiger partial charge in [-0.15, -0.1) is 0 Å². The normalized spacial score (nSPS) is 11.0. The second-order valence-electron chi connectivity index (χ2n) is 7.34. The summed E-state index contributed by atoms with van der Waals surface area (Å²) >= 11 is 0. The lowest BCUT2D eigenvalue weighted by atomic mass is 10.1. The zero-order valence-corrected chi connectivity index (χ0v) is 16.8. The number of benzene rings is 3. The molecule has 0 amide bonds. The Balaban J connectivity index is 1.51. The zero-order chi connectivity index (χ0) is 20.5. The predicted molar refractivity (Wildman–Crippen MR) is 118 cm³/mol. The number of aryl methyl sites for hydroxylation is 2. The van der Waals surface area contributed by atoms with Gasteiger partial charge < -0.3 is 8.83 Å². The van der Waals surface area contributed by atoms with Gasteiger partial charge in [0.05, 0.1) is 12.4 Å². The minimum Gasteiger partial charge on any atom is -0.436 e. The van der Waals surface area contributed by atoms with Crippen LogP contribution in [0.1, 0.15) is 11.1 Å². The molecule has 0 saturated carbocycles. The molecule has 0 N–H and O–H groups in total. The minimum absolute atomic E-state index is 0.538. The quantitative estimate of drug-likeness (QED) is 0.332. The Bertz CT molecular complexity index is 1190. The summed E-state index contributed by atoms with van der Waals surface area (Å²) < 4.78 is 12.2. The van der Waals surface area contributed by atoms with Crippen LogP contribution in [0.25, 0.3) is 45.6 Å². The Morgan fingerprint density at radius 2 is 0.933 bits per heavy atom. The molecule has 146 valence electrons. The minimum atomic E-state index is 0.538. The highest BCUT2D eigenvalue weighted by atomic mass is 16.4. The van der Waals surface area contributed by atoms with Gasteiger partial charge in [-0.1, -0.05) is 71.8 Å². The summed E-state index contributed by atoms with van der Waals surface area (Å²) in [5.41, 5.74) is 6.08. The molecule has 0 aliphatic rings. The number of aromatic nitrogens is 2. The average molecular weight is 392 g/mol. The summed E-state index contributed by atoms with van der Waals surface area (Å²) in [4.78, 5) is 9.02. The molecule has 0 bridgehead atoms.